The summed E-state index contributed by atoms with van der Waals surface area (Å²) < 4.78 is 7.13. The highest BCUT2D eigenvalue weighted by Gasteiger charge is 1.90. The summed E-state index contributed by atoms with van der Waals surface area (Å²) in [5, 5.41) is 2.52. The Hall–Kier alpha value is 0.200. The van der Waals surface area contributed by atoms with Crippen molar-refractivity contribution in [2.45, 2.75) is 0 Å². The molecule has 0 radical (unpaired) electrons. The fourth-order valence-electron chi connectivity index (χ4n) is 0.173. The van der Waals surface area contributed by atoms with Crippen LogP contribution in [0.4, 0.5) is 0 Å². The van der Waals surface area contributed by atoms with Crippen molar-refractivity contribution >= 4 is 57.6 Å². The number of nitrogens with one attached hydrogen (secondary N) is 1. The molecule has 0 amide bonds. The van der Waals surface area contributed by atoms with E-state index in [4.69, 9.17) is 11.5 Å². The van der Waals surface area contributed by atoms with Crippen molar-refractivity contribution in [2.75, 3.05) is 0 Å². The lowest BCUT2D eigenvalue weighted by molar-refractivity contribution is 1.28. The van der Waals surface area contributed by atoms with Gasteiger partial charge in [-0.1, -0.05) is 0 Å². The van der Waals surface area contributed by atoms with Gasteiger partial charge in [0.05, 0.1) is 45.7 Å². The summed E-state index contributed by atoms with van der Waals surface area (Å²) in [4.78, 5) is 0. The predicted molar refractivity (Wildman–Crippen MR) is 54.4 cm³/mol. The first-order valence-corrected chi connectivity index (χ1v) is 3.79. The molecular formula is C2H5I2N5. The molecule has 0 bridgehead atoms. The molecule has 0 saturated carbocycles. The number of hydrogen-bond acceptors (Lipinski definition) is 2. The molecule has 0 spiro atoms. The fourth-order valence-corrected chi connectivity index (χ4v) is 0.415. The molecule has 0 saturated heterocycles. The van der Waals surface area contributed by atoms with Gasteiger partial charge in [-0.15, -0.1) is 0 Å². The van der Waals surface area contributed by atoms with Crippen LogP contribution in [-0.4, -0.2) is 11.9 Å². The highest BCUT2D eigenvalue weighted by atomic mass is 127. The molecule has 0 atom stereocenters. The second kappa shape index (κ2) is 5.02. The third-order valence-corrected chi connectivity index (χ3v) is 1.48. The molecular weight excluding hydrogens is 348 g/mol. The van der Waals surface area contributed by atoms with Crippen molar-refractivity contribution in [3.63, 3.8) is 0 Å². The van der Waals surface area contributed by atoms with Gasteiger partial charge in [-0.3, -0.25) is 5.32 Å². The maximum Gasteiger partial charge on any atom is 0.205 e. The van der Waals surface area contributed by atoms with Gasteiger partial charge >= 0.3 is 0 Å². The quantitative estimate of drug-likeness (QED) is 0.323. The number of guanidine groups is 2. The Kier molecular flexibility index (Phi) is 5.13. The zero-order chi connectivity index (χ0) is 7.28. The van der Waals surface area contributed by atoms with Crippen molar-refractivity contribution in [2.24, 2.45) is 17.9 Å². The zero-order valence-electron chi connectivity index (χ0n) is 4.31. The number of nitrogens with zero attached hydrogens (tertiary/aromatic N) is 2. The lowest BCUT2D eigenvalue weighted by Gasteiger charge is -1.98. The van der Waals surface area contributed by atoms with E-state index in [0.717, 1.165) is 0 Å². The van der Waals surface area contributed by atoms with E-state index in [1.165, 1.54) is 0 Å². The third-order valence-electron chi connectivity index (χ3n) is 0.438. The Morgan fingerprint density at radius 2 is 1.44 bits per heavy atom. The molecule has 0 heterocycles. The zero-order valence-corrected chi connectivity index (χ0v) is 8.62. The molecule has 7 heteroatoms. The van der Waals surface area contributed by atoms with Crippen LogP contribution in [0.1, 0.15) is 0 Å². The molecule has 0 aromatic carbocycles. The average molecular weight is 353 g/mol. The Morgan fingerprint density at radius 1 is 1.11 bits per heavy atom. The van der Waals surface area contributed by atoms with Crippen LogP contribution in [0.15, 0.2) is 6.41 Å². The van der Waals surface area contributed by atoms with Crippen LogP contribution < -0.4 is 16.8 Å². The second-order valence-electron chi connectivity index (χ2n) is 1.06. The summed E-state index contributed by atoms with van der Waals surface area (Å²) in [6, 6.07) is 0. The SMILES string of the molecule is NC(=NI)NC(N)=NI. The minimum Gasteiger partial charge on any atom is -0.369 e. The van der Waals surface area contributed by atoms with Gasteiger partial charge in [-0.25, -0.2) is 0 Å². The molecule has 0 unspecified atom stereocenters. The highest BCUT2D eigenvalue weighted by molar-refractivity contribution is 14.1. The van der Waals surface area contributed by atoms with Gasteiger partial charge in [0.1, 0.15) is 0 Å². The Morgan fingerprint density at radius 3 is 1.67 bits per heavy atom. The van der Waals surface area contributed by atoms with Crippen molar-refractivity contribution in [3.8, 4) is 0 Å². The third kappa shape index (κ3) is 4.69. The minimum atomic E-state index is 0.244. The van der Waals surface area contributed by atoms with E-state index in [1.807, 2.05) is 0 Å². The van der Waals surface area contributed by atoms with Gasteiger partial charge in [0.15, 0.2) is 0 Å². The maximum atomic E-state index is 5.22. The number of hydrogen-bond donors (Lipinski definition) is 3. The summed E-state index contributed by atoms with van der Waals surface area (Å²) in [6.45, 7) is 0. The molecule has 5 nitrogen and oxygen atoms in total. The largest absolute Gasteiger partial charge is 0.369 e. The highest BCUT2D eigenvalue weighted by Crippen LogP contribution is 1.81. The van der Waals surface area contributed by atoms with E-state index >= 15 is 0 Å². The minimum absolute atomic E-state index is 0.244. The molecule has 9 heavy (non-hydrogen) atoms. The van der Waals surface area contributed by atoms with E-state index in [0.29, 0.717) is 0 Å². The summed E-state index contributed by atoms with van der Waals surface area (Å²) in [6.07, 6.45) is 0. The summed E-state index contributed by atoms with van der Waals surface area (Å²) in [5.41, 5.74) is 10.4. The van der Waals surface area contributed by atoms with Gasteiger partial charge in [0, 0.05) is 0 Å². The van der Waals surface area contributed by atoms with E-state index < -0.39 is 0 Å². The van der Waals surface area contributed by atoms with Crippen LogP contribution in [0.2, 0.25) is 0 Å². The van der Waals surface area contributed by atoms with Gasteiger partial charge in [-0.05, 0) is 0 Å². The first-order chi connectivity index (χ1) is 4.20. The molecule has 0 rings (SSSR count). The number of rotatable bonds is 0. The van der Waals surface area contributed by atoms with Crippen molar-refractivity contribution in [1.29, 1.82) is 0 Å². The molecule has 5 N–H and O–H groups in total. The summed E-state index contributed by atoms with van der Waals surface area (Å²) >= 11 is 3.50. The van der Waals surface area contributed by atoms with Gasteiger partial charge < -0.3 is 11.5 Å². The van der Waals surface area contributed by atoms with E-state index in [2.05, 4.69) is 11.7 Å². The first kappa shape index (κ1) is 9.20. The summed E-state index contributed by atoms with van der Waals surface area (Å²) in [7, 11) is 0. The smallest absolute Gasteiger partial charge is 0.205 e. The van der Waals surface area contributed by atoms with Crippen molar-refractivity contribution < 1.29 is 0 Å². The average Bonchev–Trinajstić information content (AvgIpc) is 1.87. The molecule has 52 valence electrons. The summed E-state index contributed by atoms with van der Waals surface area (Å²) in [5.74, 6) is 0.488. The molecule has 0 fully saturated rings. The van der Waals surface area contributed by atoms with E-state index in [-0.39, 0.29) is 11.9 Å². The molecule has 0 aliphatic heterocycles. The van der Waals surface area contributed by atoms with Gasteiger partial charge in [0.2, 0.25) is 11.9 Å². The molecule has 0 aromatic rings. The molecule has 0 aliphatic carbocycles. The standard InChI is InChI=1S/C2H5I2N5/c3-8-1(5)7-2(6)9-4/h(H5,5,6,7,8,9). The van der Waals surface area contributed by atoms with E-state index in [1.54, 1.807) is 45.7 Å². The predicted octanol–water partition coefficient (Wildman–Crippen LogP) is -0.0946. The van der Waals surface area contributed by atoms with Crippen LogP contribution in [-0.2, 0) is 0 Å². The molecule has 0 aliphatic rings. The van der Waals surface area contributed by atoms with Crippen LogP contribution in [0.25, 0.3) is 0 Å². The van der Waals surface area contributed by atoms with Crippen LogP contribution in [0.3, 0.4) is 0 Å². The topological polar surface area (TPSA) is 88.8 Å². The lowest BCUT2D eigenvalue weighted by Crippen LogP contribution is -2.40. The van der Waals surface area contributed by atoms with Gasteiger partial charge in [-0.2, -0.15) is 6.41 Å². The van der Waals surface area contributed by atoms with Crippen molar-refractivity contribution in [3.05, 3.63) is 0 Å². The number of nitrogens with two attached hydrogens (primary N) is 2. The van der Waals surface area contributed by atoms with Crippen LogP contribution in [0, 0.1) is 0 Å². The van der Waals surface area contributed by atoms with Crippen LogP contribution in [0.5, 0.6) is 0 Å². The number of halogens is 2. The van der Waals surface area contributed by atoms with Crippen LogP contribution >= 0.6 is 45.7 Å². The Labute approximate surface area is 80.4 Å². The van der Waals surface area contributed by atoms with E-state index in [9.17, 15) is 0 Å². The fraction of sp³-hybridized carbons (Fsp3) is 0. The Balaban J connectivity index is 3.75. The van der Waals surface area contributed by atoms with Gasteiger partial charge in [0.25, 0.3) is 0 Å². The second-order valence-corrected chi connectivity index (χ2v) is 2.03. The molecule has 0 aromatic heterocycles. The maximum absolute atomic E-state index is 5.22. The normalized spacial score (nSPS) is 13.6. The first-order valence-electron chi connectivity index (χ1n) is 1.86. The monoisotopic (exact) mass is 353 g/mol. The lowest BCUT2D eigenvalue weighted by atomic mass is 10.9. The van der Waals surface area contributed by atoms with Crippen molar-refractivity contribution in [1.82, 2.24) is 5.32 Å². The Bertz CT molecular complexity index is 124.